The second-order valence-corrected chi connectivity index (χ2v) is 5.20. The largest absolute Gasteiger partial charge is 1.00 e. The van der Waals surface area contributed by atoms with Gasteiger partial charge in [0.1, 0.15) is 5.75 Å². The first-order valence-electron chi connectivity index (χ1n) is 6.69. The van der Waals surface area contributed by atoms with E-state index in [1.807, 2.05) is 18.5 Å². The Labute approximate surface area is 133 Å². The molecule has 0 bridgehead atoms. The van der Waals surface area contributed by atoms with Crippen molar-refractivity contribution in [3.8, 4) is 5.75 Å². The molecule has 21 heavy (non-hydrogen) atoms. The number of aryl methyl sites for hydroxylation is 1. The van der Waals surface area contributed by atoms with Crippen LogP contribution in [0.5, 0.6) is 5.75 Å². The summed E-state index contributed by atoms with van der Waals surface area (Å²) in [6, 6.07) is 16.3. The zero-order valence-corrected chi connectivity index (χ0v) is 13.1. The van der Waals surface area contributed by atoms with Crippen LogP contribution >= 0.6 is 0 Å². The van der Waals surface area contributed by atoms with E-state index in [0.29, 0.717) is 5.75 Å². The molecule has 4 aromatic rings. The lowest BCUT2D eigenvalue weighted by molar-refractivity contribution is -0.509. The SMILES string of the molecule is Cc1ccc(O)c2c[n+]3ccc4ccccc4c3cc12.[Br-]. The van der Waals surface area contributed by atoms with Gasteiger partial charge in [0.05, 0.1) is 10.8 Å². The Kier molecular flexibility index (Phi) is 3.30. The third-order valence-electron chi connectivity index (χ3n) is 3.96. The van der Waals surface area contributed by atoms with E-state index in [9.17, 15) is 5.11 Å². The van der Waals surface area contributed by atoms with Gasteiger partial charge in [-0.15, -0.1) is 0 Å². The highest BCUT2D eigenvalue weighted by Crippen LogP contribution is 2.28. The van der Waals surface area contributed by atoms with Crippen LogP contribution in [0.1, 0.15) is 5.56 Å². The smallest absolute Gasteiger partial charge is 0.219 e. The molecule has 0 fully saturated rings. The van der Waals surface area contributed by atoms with Gasteiger partial charge < -0.3 is 22.1 Å². The van der Waals surface area contributed by atoms with E-state index in [1.54, 1.807) is 6.07 Å². The lowest BCUT2D eigenvalue weighted by Gasteiger charge is -2.04. The molecular weight excluding hydrogens is 326 g/mol. The van der Waals surface area contributed by atoms with Gasteiger partial charge in [-0.2, -0.15) is 4.40 Å². The lowest BCUT2D eigenvalue weighted by atomic mass is 10.0. The van der Waals surface area contributed by atoms with Crippen LogP contribution in [-0.2, 0) is 0 Å². The molecule has 0 radical (unpaired) electrons. The van der Waals surface area contributed by atoms with Crippen LogP contribution in [0.2, 0.25) is 0 Å². The number of aromatic nitrogens is 1. The molecule has 0 saturated heterocycles. The van der Waals surface area contributed by atoms with Crippen molar-refractivity contribution in [3.63, 3.8) is 0 Å². The van der Waals surface area contributed by atoms with Crippen LogP contribution in [0.3, 0.4) is 0 Å². The number of hydrogen-bond donors (Lipinski definition) is 1. The third-order valence-corrected chi connectivity index (χ3v) is 3.96. The minimum Gasteiger partial charge on any atom is -1.00 e. The Balaban J connectivity index is 0.00000132. The molecule has 3 heteroatoms. The van der Waals surface area contributed by atoms with Crippen LogP contribution in [0.25, 0.3) is 27.1 Å². The van der Waals surface area contributed by atoms with Crippen LogP contribution in [0.15, 0.2) is 60.9 Å². The Morgan fingerprint density at radius 2 is 1.71 bits per heavy atom. The van der Waals surface area contributed by atoms with Crippen molar-refractivity contribution in [2.75, 3.05) is 0 Å². The van der Waals surface area contributed by atoms with Crippen LogP contribution in [0, 0.1) is 6.92 Å². The molecule has 0 spiro atoms. The molecule has 0 saturated carbocycles. The molecule has 2 heterocycles. The quantitative estimate of drug-likeness (QED) is 0.285. The van der Waals surface area contributed by atoms with Crippen molar-refractivity contribution >= 4 is 27.1 Å². The molecule has 2 aromatic heterocycles. The number of benzene rings is 2. The van der Waals surface area contributed by atoms with Gasteiger partial charge in [-0.3, -0.25) is 0 Å². The zero-order valence-electron chi connectivity index (χ0n) is 11.5. The number of hydrogen-bond acceptors (Lipinski definition) is 1. The second kappa shape index (κ2) is 5.01. The molecule has 0 aliphatic heterocycles. The average molecular weight is 340 g/mol. The number of phenolic OH excluding ortho intramolecular Hbond substituents is 1. The highest BCUT2D eigenvalue weighted by atomic mass is 79.9. The normalized spacial score (nSPS) is 10.9. The summed E-state index contributed by atoms with van der Waals surface area (Å²) in [4.78, 5) is 0. The monoisotopic (exact) mass is 339 g/mol. The molecule has 4 rings (SSSR count). The summed E-state index contributed by atoms with van der Waals surface area (Å²) in [5.74, 6) is 0.327. The second-order valence-electron chi connectivity index (χ2n) is 5.20. The highest BCUT2D eigenvalue weighted by molar-refractivity contribution is 5.99. The lowest BCUT2D eigenvalue weighted by Crippen LogP contribution is -3.00. The maximum absolute atomic E-state index is 10.1. The minimum absolute atomic E-state index is 0. The van der Waals surface area contributed by atoms with Gasteiger partial charge in [0.15, 0.2) is 12.4 Å². The van der Waals surface area contributed by atoms with Crippen molar-refractivity contribution in [1.29, 1.82) is 0 Å². The summed E-state index contributed by atoms with van der Waals surface area (Å²) in [7, 11) is 0. The highest BCUT2D eigenvalue weighted by Gasteiger charge is 2.12. The number of pyridine rings is 2. The number of fused-ring (bicyclic) bond motifs is 4. The standard InChI is InChI=1S/C18H13NO.BrH/c1-12-6-7-18(20)16-11-19-9-8-13-4-2-3-5-14(13)17(19)10-15(12)16;/h2-11H,1H3;1H. The van der Waals surface area contributed by atoms with Gasteiger partial charge in [0, 0.05) is 17.5 Å². The number of aromatic hydroxyl groups is 1. The molecule has 2 nitrogen and oxygen atoms in total. The van der Waals surface area contributed by atoms with Gasteiger partial charge in [0.25, 0.3) is 0 Å². The van der Waals surface area contributed by atoms with Gasteiger partial charge in [-0.05, 0) is 30.0 Å². The van der Waals surface area contributed by atoms with E-state index in [0.717, 1.165) is 16.3 Å². The maximum atomic E-state index is 10.1. The first-order chi connectivity index (χ1) is 9.74. The number of phenols is 1. The number of rotatable bonds is 0. The van der Waals surface area contributed by atoms with Crippen LogP contribution in [-0.4, -0.2) is 5.11 Å². The molecule has 0 atom stereocenters. The summed E-state index contributed by atoms with van der Waals surface area (Å²) in [5, 5.41) is 14.5. The first-order valence-corrected chi connectivity index (χ1v) is 6.69. The fraction of sp³-hybridized carbons (Fsp3) is 0.0556. The molecule has 2 aromatic carbocycles. The Bertz CT molecular complexity index is 979. The molecule has 0 aliphatic rings. The minimum atomic E-state index is 0. The van der Waals surface area contributed by atoms with E-state index in [1.165, 1.54) is 16.3 Å². The van der Waals surface area contributed by atoms with Crippen LogP contribution in [0.4, 0.5) is 0 Å². The Hall–Kier alpha value is -2.13. The van der Waals surface area contributed by atoms with E-state index < -0.39 is 0 Å². The van der Waals surface area contributed by atoms with Gasteiger partial charge in [0.2, 0.25) is 5.52 Å². The molecule has 104 valence electrons. The van der Waals surface area contributed by atoms with E-state index >= 15 is 0 Å². The zero-order chi connectivity index (χ0) is 13.7. The average Bonchev–Trinajstić information content (AvgIpc) is 2.50. The summed E-state index contributed by atoms with van der Waals surface area (Å²) < 4.78 is 2.07. The van der Waals surface area contributed by atoms with Crippen molar-refractivity contribution < 1.29 is 26.5 Å². The van der Waals surface area contributed by atoms with Crippen LogP contribution < -0.4 is 21.4 Å². The summed E-state index contributed by atoms with van der Waals surface area (Å²) >= 11 is 0. The van der Waals surface area contributed by atoms with Gasteiger partial charge in [-0.25, -0.2) is 0 Å². The molecule has 0 unspecified atom stereocenters. The predicted octanol–water partition coefficient (Wildman–Crippen LogP) is 0.750. The van der Waals surface area contributed by atoms with E-state index in [-0.39, 0.29) is 17.0 Å². The van der Waals surface area contributed by atoms with Crippen molar-refractivity contribution in [2.24, 2.45) is 0 Å². The molecular formula is C18H14BrNO. The molecule has 1 N–H and O–H groups in total. The summed E-state index contributed by atoms with van der Waals surface area (Å²) in [6.07, 6.45) is 4.04. The Morgan fingerprint density at radius 3 is 2.57 bits per heavy atom. The van der Waals surface area contributed by atoms with E-state index in [4.69, 9.17) is 0 Å². The fourth-order valence-electron chi connectivity index (χ4n) is 2.86. The topological polar surface area (TPSA) is 24.3 Å². The maximum Gasteiger partial charge on any atom is 0.219 e. The van der Waals surface area contributed by atoms with Gasteiger partial charge in [-0.1, -0.05) is 24.3 Å². The summed E-state index contributed by atoms with van der Waals surface area (Å²) in [6.45, 7) is 2.07. The van der Waals surface area contributed by atoms with Gasteiger partial charge >= 0.3 is 0 Å². The molecule has 0 amide bonds. The first kappa shape index (κ1) is 13.8. The summed E-state index contributed by atoms with van der Waals surface area (Å²) in [5.41, 5.74) is 2.33. The van der Waals surface area contributed by atoms with Crippen molar-refractivity contribution in [2.45, 2.75) is 6.92 Å². The Morgan fingerprint density at radius 1 is 0.905 bits per heavy atom. The van der Waals surface area contributed by atoms with E-state index in [2.05, 4.69) is 47.7 Å². The molecule has 0 aliphatic carbocycles. The van der Waals surface area contributed by atoms with Crippen molar-refractivity contribution in [1.82, 2.24) is 0 Å². The number of halogens is 1. The fourth-order valence-corrected chi connectivity index (χ4v) is 2.86. The predicted molar refractivity (Wildman–Crippen MR) is 81.0 cm³/mol. The third kappa shape index (κ3) is 2.05. The number of nitrogens with zero attached hydrogens (tertiary/aromatic N) is 1. The van der Waals surface area contributed by atoms with Crippen molar-refractivity contribution in [3.05, 3.63) is 66.5 Å².